The van der Waals surface area contributed by atoms with Crippen molar-refractivity contribution in [2.24, 2.45) is 0 Å². The van der Waals surface area contributed by atoms with Gasteiger partial charge in [-0.05, 0) is 31.5 Å². The molecule has 0 radical (unpaired) electrons. The van der Waals surface area contributed by atoms with E-state index < -0.39 is 5.82 Å². The van der Waals surface area contributed by atoms with Gasteiger partial charge in [-0.1, -0.05) is 0 Å². The molecule has 0 aliphatic rings. The first kappa shape index (κ1) is 11.5. The van der Waals surface area contributed by atoms with Gasteiger partial charge in [0.05, 0.1) is 11.6 Å². The number of hydrogen-bond donors (Lipinski definition) is 2. The van der Waals surface area contributed by atoms with Crippen LogP contribution in [0.3, 0.4) is 0 Å². The third-order valence-corrected chi connectivity index (χ3v) is 2.00. The topological polar surface area (TPSA) is 56.0 Å². The van der Waals surface area contributed by atoms with Crippen molar-refractivity contribution in [2.75, 3.05) is 11.9 Å². The Morgan fingerprint density at radius 2 is 2.27 bits per heavy atom. The van der Waals surface area contributed by atoms with E-state index in [-0.39, 0.29) is 18.2 Å². The van der Waals surface area contributed by atoms with Crippen LogP contribution in [0.1, 0.15) is 18.9 Å². The molecule has 0 heterocycles. The highest BCUT2D eigenvalue weighted by molar-refractivity contribution is 5.50. The third kappa shape index (κ3) is 3.56. The number of nitrogens with one attached hydrogen (secondary N) is 1. The molecule has 2 N–H and O–H groups in total. The molecule has 1 aromatic rings. The largest absolute Gasteiger partial charge is 0.396 e. The Bertz CT molecular complexity index is 373. The van der Waals surface area contributed by atoms with Crippen molar-refractivity contribution in [1.29, 1.82) is 5.26 Å². The molecule has 0 aliphatic heterocycles. The van der Waals surface area contributed by atoms with E-state index in [9.17, 15) is 4.39 Å². The van der Waals surface area contributed by atoms with E-state index in [1.165, 1.54) is 12.1 Å². The molecule has 15 heavy (non-hydrogen) atoms. The fraction of sp³-hybridized carbons (Fsp3) is 0.364. The fourth-order valence-electron chi connectivity index (χ4n) is 1.29. The maximum atomic E-state index is 13.0. The third-order valence-electron chi connectivity index (χ3n) is 2.00. The molecule has 0 aliphatic carbocycles. The average Bonchev–Trinajstić information content (AvgIpc) is 2.17. The molecule has 0 bridgehead atoms. The molecule has 4 heteroatoms. The molecule has 0 spiro atoms. The summed E-state index contributed by atoms with van der Waals surface area (Å²) in [7, 11) is 0. The zero-order valence-electron chi connectivity index (χ0n) is 8.50. The minimum atomic E-state index is -0.437. The molecule has 1 rings (SSSR count). The molecule has 1 atom stereocenters. The Hall–Kier alpha value is -1.60. The molecule has 1 unspecified atom stereocenters. The van der Waals surface area contributed by atoms with Gasteiger partial charge in [0.25, 0.3) is 0 Å². The molecule has 0 amide bonds. The van der Waals surface area contributed by atoms with Gasteiger partial charge in [0.2, 0.25) is 0 Å². The molecule has 80 valence electrons. The monoisotopic (exact) mass is 208 g/mol. The van der Waals surface area contributed by atoms with Crippen LogP contribution in [0.25, 0.3) is 0 Å². The maximum absolute atomic E-state index is 13.0. The average molecular weight is 208 g/mol. The molecular formula is C11H13FN2O. The molecule has 0 fully saturated rings. The van der Waals surface area contributed by atoms with Crippen molar-refractivity contribution in [3.8, 4) is 6.07 Å². The van der Waals surface area contributed by atoms with Crippen molar-refractivity contribution in [1.82, 2.24) is 0 Å². The van der Waals surface area contributed by atoms with Gasteiger partial charge in [0.15, 0.2) is 0 Å². The highest BCUT2D eigenvalue weighted by Crippen LogP contribution is 2.14. The van der Waals surface area contributed by atoms with E-state index in [4.69, 9.17) is 10.4 Å². The SMILES string of the molecule is CC(CCO)Nc1cc(F)cc(C#N)c1. The number of hydrogen-bond acceptors (Lipinski definition) is 3. The zero-order chi connectivity index (χ0) is 11.3. The number of halogens is 1. The van der Waals surface area contributed by atoms with E-state index in [0.29, 0.717) is 12.1 Å². The standard InChI is InChI=1S/C11H13FN2O/c1-8(2-3-15)14-11-5-9(7-13)4-10(12)6-11/h4-6,8,14-15H,2-3H2,1H3. The van der Waals surface area contributed by atoms with Gasteiger partial charge >= 0.3 is 0 Å². The van der Waals surface area contributed by atoms with Gasteiger partial charge < -0.3 is 10.4 Å². The first-order chi connectivity index (χ1) is 7.15. The summed E-state index contributed by atoms with van der Waals surface area (Å²) in [6.07, 6.45) is 0.582. The second kappa shape index (κ2) is 5.32. The summed E-state index contributed by atoms with van der Waals surface area (Å²) >= 11 is 0. The van der Waals surface area contributed by atoms with Gasteiger partial charge in [-0.2, -0.15) is 5.26 Å². The number of rotatable bonds is 4. The molecule has 1 aromatic carbocycles. The summed E-state index contributed by atoms with van der Waals surface area (Å²) in [5.41, 5.74) is 0.848. The smallest absolute Gasteiger partial charge is 0.126 e. The van der Waals surface area contributed by atoms with Crippen LogP contribution >= 0.6 is 0 Å². The van der Waals surface area contributed by atoms with Gasteiger partial charge in [-0.25, -0.2) is 4.39 Å². The van der Waals surface area contributed by atoms with Crippen LogP contribution in [-0.2, 0) is 0 Å². The first-order valence-corrected chi connectivity index (χ1v) is 4.74. The Balaban J connectivity index is 2.77. The van der Waals surface area contributed by atoms with Crippen LogP contribution in [-0.4, -0.2) is 17.8 Å². The normalized spacial score (nSPS) is 11.9. The van der Waals surface area contributed by atoms with Crippen molar-refractivity contribution < 1.29 is 9.50 Å². The Morgan fingerprint density at radius 3 is 2.87 bits per heavy atom. The lowest BCUT2D eigenvalue weighted by Gasteiger charge is -2.13. The number of nitrogens with zero attached hydrogens (tertiary/aromatic N) is 1. The van der Waals surface area contributed by atoms with E-state index in [1.807, 2.05) is 13.0 Å². The molecular weight excluding hydrogens is 195 g/mol. The number of benzene rings is 1. The number of aliphatic hydroxyl groups excluding tert-OH is 1. The van der Waals surface area contributed by atoms with E-state index in [0.717, 1.165) is 0 Å². The van der Waals surface area contributed by atoms with E-state index in [2.05, 4.69) is 5.32 Å². The molecule has 0 saturated heterocycles. The lowest BCUT2D eigenvalue weighted by molar-refractivity contribution is 0.282. The summed E-state index contributed by atoms with van der Waals surface area (Å²) in [4.78, 5) is 0. The van der Waals surface area contributed by atoms with Gasteiger partial charge in [-0.15, -0.1) is 0 Å². The van der Waals surface area contributed by atoms with Gasteiger partial charge in [-0.3, -0.25) is 0 Å². The highest BCUT2D eigenvalue weighted by Gasteiger charge is 2.04. The predicted octanol–water partition coefficient (Wildman–Crippen LogP) is 1.88. The predicted molar refractivity (Wildman–Crippen MR) is 55.9 cm³/mol. The molecule has 0 aromatic heterocycles. The Morgan fingerprint density at radius 1 is 1.53 bits per heavy atom. The van der Waals surface area contributed by atoms with E-state index >= 15 is 0 Å². The zero-order valence-corrected chi connectivity index (χ0v) is 8.50. The number of nitriles is 1. The lowest BCUT2D eigenvalue weighted by atomic mass is 10.2. The number of aliphatic hydroxyl groups is 1. The highest BCUT2D eigenvalue weighted by atomic mass is 19.1. The summed E-state index contributed by atoms with van der Waals surface area (Å²) in [6, 6.07) is 6.02. The van der Waals surface area contributed by atoms with Crippen molar-refractivity contribution >= 4 is 5.69 Å². The van der Waals surface area contributed by atoms with Crippen LogP contribution in [0.4, 0.5) is 10.1 Å². The summed E-state index contributed by atoms with van der Waals surface area (Å²) in [5, 5.41) is 20.4. The number of anilines is 1. The quantitative estimate of drug-likeness (QED) is 0.794. The van der Waals surface area contributed by atoms with Crippen LogP contribution < -0.4 is 5.32 Å². The summed E-state index contributed by atoms with van der Waals surface area (Å²) < 4.78 is 13.0. The van der Waals surface area contributed by atoms with Crippen molar-refractivity contribution in [3.63, 3.8) is 0 Å². The van der Waals surface area contributed by atoms with Gasteiger partial charge in [0.1, 0.15) is 5.82 Å². The van der Waals surface area contributed by atoms with Crippen LogP contribution in [0.5, 0.6) is 0 Å². The van der Waals surface area contributed by atoms with Gasteiger partial charge in [0, 0.05) is 18.3 Å². The second-order valence-electron chi connectivity index (χ2n) is 3.40. The Labute approximate surface area is 88.2 Å². The van der Waals surface area contributed by atoms with Crippen LogP contribution in [0.15, 0.2) is 18.2 Å². The Kier molecular flexibility index (Phi) is 4.07. The van der Waals surface area contributed by atoms with Crippen molar-refractivity contribution in [3.05, 3.63) is 29.6 Å². The molecule has 0 saturated carbocycles. The van der Waals surface area contributed by atoms with Crippen LogP contribution in [0, 0.1) is 17.1 Å². The molecule has 3 nitrogen and oxygen atoms in total. The maximum Gasteiger partial charge on any atom is 0.126 e. The van der Waals surface area contributed by atoms with Crippen LogP contribution in [0.2, 0.25) is 0 Å². The van der Waals surface area contributed by atoms with Crippen molar-refractivity contribution in [2.45, 2.75) is 19.4 Å². The fourth-order valence-corrected chi connectivity index (χ4v) is 1.29. The minimum absolute atomic E-state index is 0.0448. The van der Waals surface area contributed by atoms with E-state index in [1.54, 1.807) is 6.07 Å². The minimum Gasteiger partial charge on any atom is -0.396 e. The lowest BCUT2D eigenvalue weighted by Crippen LogP contribution is -2.16. The summed E-state index contributed by atoms with van der Waals surface area (Å²) in [6.45, 7) is 1.96. The summed E-state index contributed by atoms with van der Waals surface area (Å²) in [5.74, 6) is -0.437. The second-order valence-corrected chi connectivity index (χ2v) is 3.40. The first-order valence-electron chi connectivity index (χ1n) is 4.74.